The summed E-state index contributed by atoms with van der Waals surface area (Å²) in [4.78, 5) is 2.58. The van der Waals surface area contributed by atoms with Crippen LogP contribution >= 0.6 is 0 Å². The predicted octanol–water partition coefficient (Wildman–Crippen LogP) is 8.26. The molecule has 1 aliphatic heterocycles. The molecule has 0 amide bonds. The summed E-state index contributed by atoms with van der Waals surface area (Å²) in [5.74, 6) is 1.08. The molecule has 0 unspecified atom stereocenters. The number of aliphatic hydroxyl groups excluding tert-OH is 2. The van der Waals surface area contributed by atoms with E-state index in [-0.39, 0.29) is 12.4 Å². The molecule has 2 aliphatic carbocycles. The fourth-order valence-electron chi connectivity index (χ4n) is 6.33. The molecule has 40 heavy (non-hydrogen) atoms. The van der Waals surface area contributed by atoms with Crippen LogP contribution in [-0.2, 0) is 0 Å². The van der Waals surface area contributed by atoms with Crippen LogP contribution in [0.5, 0.6) is 5.75 Å². The number of likely N-dealkylation sites (tertiary alicyclic amines) is 1. The number of rotatable bonds is 13. The average Bonchev–Trinajstić information content (AvgIpc) is 3.52. The summed E-state index contributed by atoms with van der Waals surface area (Å²) < 4.78 is 6.17. The molecule has 0 bridgehead atoms. The third-order valence-electron chi connectivity index (χ3n) is 8.53. The van der Waals surface area contributed by atoms with E-state index < -0.39 is 0 Å². The topological polar surface area (TPSA) is 52.9 Å². The highest BCUT2D eigenvalue weighted by molar-refractivity contribution is 5.84. The van der Waals surface area contributed by atoms with Gasteiger partial charge in [0.2, 0.25) is 0 Å². The average molecular weight is 542 g/mol. The first kappa shape index (κ1) is 29.9. The van der Waals surface area contributed by atoms with Crippen LogP contribution in [0.1, 0.15) is 70.3 Å². The molecule has 1 aromatic rings. The van der Waals surface area contributed by atoms with E-state index in [2.05, 4.69) is 66.1 Å². The van der Waals surface area contributed by atoms with Crippen molar-refractivity contribution in [2.24, 2.45) is 5.41 Å². The minimum Gasteiger partial charge on any atom is -0.508 e. The highest BCUT2D eigenvalue weighted by atomic mass is 16.5. The van der Waals surface area contributed by atoms with Gasteiger partial charge in [-0.25, -0.2) is 0 Å². The lowest BCUT2D eigenvalue weighted by molar-refractivity contribution is 0.213. The highest BCUT2D eigenvalue weighted by Gasteiger charge is 2.39. The molecule has 1 saturated heterocycles. The largest absolute Gasteiger partial charge is 0.508 e. The lowest BCUT2D eigenvalue weighted by Gasteiger charge is -2.23. The molecule has 3 aliphatic rings. The van der Waals surface area contributed by atoms with Crippen molar-refractivity contribution in [3.63, 3.8) is 0 Å². The minimum atomic E-state index is 0.137. The summed E-state index contributed by atoms with van der Waals surface area (Å²) in [6, 6.07) is 8.32. The van der Waals surface area contributed by atoms with Crippen LogP contribution in [-0.4, -0.2) is 48.0 Å². The number of ether oxygens (including phenoxy) is 1. The number of hydrogen-bond acceptors (Lipinski definition) is 4. The fourth-order valence-corrected chi connectivity index (χ4v) is 6.33. The first-order valence-corrected chi connectivity index (χ1v) is 15.1. The Balaban J connectivity index is 1.51. The summed E-state index contributed by atoms with van der Waals surface area (Å²) in [5.41, 5.74) is 6.00. The number of allylic oxidation sites excluding steroid dienone is 12. The Kier molecular flexibility index (Phi) is 11.3. The van der Waals surface area contributed by atoms with E-state index >= 15 is 0 Å². The Labute approximate surface area is 241 Å². The Bertz CT molecular complexity index is 1170. The first-order valence-electron chi connectivity index (χ1n) is 15.1. The Morgan fingerprint density at radius 3 is 2.65 bits per heavy atom. The molecule has 2 N–H and O–H groups in total. The van der Waals surface area contributed by atoms with Crippen molar-refractivity contribution in [3.05, 3.63) is 107 Å². The Morgan fingerprint density at radius 2 is 1.90 bits per heavy atom. The van der Waals surface area contributed by atoms with Crippen molar-refractivity contribution < 1.29 is 14.9 Å². The number of benzene rings is 1. The molecule has 1 aromatic carbocycles. The second kappa shape index (κ2) is 15.1. The van der Waals surface area contributed by atoms with Gasteiger partial charge in [0.15, 0.2) is 0 Å². The zero-order valence-electron chi connectivity index (χ0n) is 24.3. The standard InChI is InChI=1S/C36H47NO3/c1-3-33(39)17-14-29(2)35(32(13-10-25-38)27-30-11-6-4-5-7-12-30)31-15-18-34(19-16-31)40-26-24-37-23-22-36(28-37)20-8-9-21-36/h3-4,6-7,11-12,14-19,38-39H,2,5,8-10,13,20-28H2,1H3/b17-14-,33-3+,35-32-. The molecule has 2 fully saturated rings. The zero-order chi connectivity index (χ0) is 28.2. The van der Waals surface area contributed by atoms with Gasteiger partial charge in [-0.05, 0) is 110 Å². The predicted molar refractivity (Wildman–Crippen MR) is 167 cm³/mol. The second-order valence-corrected chi connectivity index (χ2v) is 11.5. The van der Waals surface area contributed by atoms with Crippen LogP contribution < -0.4 is 4.74 Å². The number of aliphatic hydroxyl groups is 2. The molecule has 214 valence electrons. The van der Waals surface area contributed by atoms with Crippen molar-refractivity contribution in [3.8, 4) is 5.75 Å². The molecular formula is C36H47NO3. The molecule has 4 nitrogen and oxygen atoms in total. The molecule has 1 saturated carbocycles. The van der Waals surface area contributed by atoms with Gasteiger partial charge in [0.1, 0.15) is 18.1 Å². The molecule has 4 rings (SSSR count). The lowest BCUT2D eigenvalue weighted by Crippen LogP contribution is -2.29. The van der Waals surface area contributed by atoms with Gasteiger partial charge in [-0.15, -0.1) is 0 Å². The monoisotopic (exact) mass is 541 g/mol. The van der Waals surface area contributed by atoms with Crippen LogP contribution in [0.15, 0.2) is 102 Å². The van der Waals surface area contributed by atoms with E-state index in [0.29, 0.717) is 18.4 Å². The molecular weight excluding hydrogens is 494 g/mol. The molecule has 1 spiro atoms. The van der Waals surface area contributed by atoms with Crippen molar-refractivity contribution in [1.82, 2.24) is 4.90 Å². The minimum absolute atomic E-state index is 0.137. The van der Waals surface area contributed by atoms with Crippen molar-refractivity contribution >= 4 is 5.57 Å². The summed E-state index contributed by atoms with van der Waals surface area (Å²) in [5, 5.41) is 19.7. The van der Waals surface area contributed by atoms with Crippen molar-refractivity contribution in [1.29, 1.82) is 0 Å². The van der Waals surface area contributed by atoms with Gasteiger partial charge in [-0.2, -0.15) is 0 Å². The van der Waals surface area contributed by atoms with Gasteiger partial charge in [0, 0.05) is 19.7 Å². The second-order valence-electron chi connectivity index (χ2n) is 11.5. The maximum Gasteiger partial charge on any atom is 0.119 e. The molecule has 1 heterocycles. The van der Waals surface area contributed by atoms with Crippen LogP contribution in [0.2, 0.25) is 0 Å². The SMILES string of the molecule is C=C(/C=C\C(O)=C/C)/C(=C(\CCCO)CC1=CC=CCC=C1)c1ccc(OCCN2CCC3(CCCC3)C2)cc1. The smallest absolute Gasteiger partial charge is 0.119 e. The molecule has 0 aromatic heterocycles. The summed E-state index contributed by atoms with van der Waals surface area (Å²) in [6.07, 6.45) is 26.1. The van der Waals surface area contributed by atoms with Crippen LogP contribution in [0.25, 0.3) is 5.57 Å². The van der Waals surface area contributed by atoms with Crippen LogP contribution in [0.3, 0.4) is 0 Å². The maximum atomic E-state index is 10.0. The van der Waals surface area contributed by atoms with Gasteiger partial charge >= 0.3 is 0 Å². The van der Waals surface area contributed by atoms with E-state index in [0.717, 1.165) is 48.3 Å². The van der Waals surface area contributed by atoms with Crippen LogP contribution in [0.4, 0.5) is 0 Å². The third-order valence-corrected chi connectivity index (χ3v) is 8.53. The highest BCUT2D eigenvalue weighted by Crippen LogP contribution is 2.45. The Morgan fingerprint density at radius 1 is 1.10 bits per heavy atom. The van der Waals surface area contributed by atoms with Crippen molar-refractivity contribution in [2.45, 2.75) is 64.7 Å². The molecule has 0 atom stereocenters. The van der Waals surface area contributed by atoms with E-state index in [1.165, 1.54) is 56.3 Å². The third kappa shape index (κ3) is 8.46. The van der Waals surface area contributed by atoms with Crippen molar-refractivity contribution in [2.75, 3.05) is 32.8 Å². The zero-order valence-corrected chi connectivity index (χ0v) is 24.3. The summed E-state index contributed by atoms with van der Waals surface area (Å²) in [6.45, 7) is 10.4. The summed E-state index contributed by atoms with van der Waals surface area (Å²) >= 11 is 0. The normalized spacial score (nSPS) is 19.8. The maximum absolute atomic E-state index is 10.0. The van der Waals surface area contributed by atoms with Gasteiger partial charge < -0.3 is 14.9 Å². The number of hydrogen-bond donors (Lipinski definition) is 2. The van der Waals surface area contributed by atoms with E-state index in [4.69, 9.17) is 4.74 Å². The molecule has 4 heteroatoms. The summed E-state index contributed by atoms with van der Waals surface area (Å²) in [7, 11) is 0. The first-order chi connectivity index (χ1) is 19.5. The van der Waals surface area contributed by atoms with Gasteiger partial charge in [0.25, 0.3) is 0 Å². The molecule has 0 radical (unpaired) electrons. The number of nitrogens with zero attached hydrogens (tertiary/aromatic N) is 1. The van der Waals surface area contributed by atoms with Gasteiger partial charge in [-0.3, -0.25) is 4.90 Å². The quantitative estimate of drug-likeness (QED) is 0.195. The van der Waals surface area contributed by atoms with Crippen LogP contribution in [0, 0.1) is 5.41 Å². The van der Waals surface area contributed by atoms with E-state index in [1.54, 1.807) is 19.1 Å². The lowest BCUT2D eigenvalue weighted by atomic mass is 9.86. The fraction of sp³-hybridized carbons (Fsp3) is 0.444. The van der Waals surface area contributed by atoms with Gasteiger partial charge in [-0.1, -0.05) is 73.6 Å². The van der Waals surface area contributed by atoms with E-state index in [9.17, 15) is 10.2 Å². The Hall–Kier alpha value is -3.08. The van der Waals surface area contributed by atoms with E-state index in [1.807, 2.05) is 6.08 Å². The van der Waals surface area contributed by atoms with Gasteiger partial charge in [0.05, 0.1) is 0 Å².